The Labute approximate surface area is 243 Å². The zero-order valence-corrected chi connectivity index (χ0v) is 22.5. The average Bonchev–Trinajstić information content (AvgIpc) is 3.34. The van der Waals surface area contributed by atoms with Gasteiger partial charge < -0.3 is 20.7 Å². The summed E-state index contributed by atoms with van der Waals surface area (Å²) in [5.41, 5.74) is 10.8. The van der Waals surface area contributed by atoms with Gasteiger partial charge in [0.05, 0.1) is 30.6 Å². The molecule has 2 aliphatic rings. The number of amides is 1. The highest BCUT2D eigenvalue weighted by Crippen LogP contribution is 2.36. The van der Waals surface area contributed by atoms with E-state index in [1.54, 1.807) is 47.5 Å². The Kier molecular flexibility index (Phi) is 8.01. The molecule has 1 amide bonds. The molecule has 1 unspecified atom stereocenters. The number of halogens is 2. The van der Waals surface area contributed by atoms with E-state index in [4.69, 9.17) is 32.0 Å². The van der Waals surface area contributed by atoms with Crippen LogP contribution in [0.25, 0.3) is 11.3 Å². The fraction of sp³-hybridized carbons (Fsp3) is 0.226. The summed E-state index contributed by atoms with van der Waals surface area (Å²) in [6.45, 7) is 1.49. The van der Waals surface area contributed by atoms with E-state index in [-0.39, 0.29) is 31.5 Å². The van der Waals surface area contributed by atoms with Gasteiger partial charge in [-0.25, -0.2) is 14.4 Å². The molecule has 0 aliphatic carbocycles. The minimum absolute atomic E-state index is 0. The molecule has 1 fully saturated rings. The van der Waals surface area contributed by atoms with E-state index in [1.165, 1.54) is 13.2 Å². The molecule has 210 valence electrons. The number of aliphatic imine (C=N–C) groups is 1. The van der Waals surface area contributed by atoms with Crippen LogP contribution in [0.15, 0.2) is 71.9 Å². The maximum absolute atomic E-state index is 15.1. The van der Waals surface area contributed by atoms with Gasteiger partial charge >= 0.3 is 0 Å². The molecule has 0 radical (unpaired) electrons. The molecule has 10 heteroatoms. The maximum atomic E-state index is 15.1. The average molecular weight is 573 g/mol. The van der Waals surface area contributed by atoms with E-state index in [9.17, 15) is 4.79 Å². The molecule has 3 heterocycles. The smallest absolute Gasteiger partial charge is 0.253 e. The van der Waals surface area contributed by atoms with Crippen molar-refractivity contribution in [3.8, 4) is 17.0 Å². The molecule has 3 N–H and O–H groups in total. The number of carbonyl (C=O) groups excluding carboxylic acids is 1. The Balaban J connectivity index is 0.00000337. The Bertz CT molecular complexity index is 1640. The fourth-order valence-electron chi connectivity index (χ4n) is 5.08. The lowest BCUT2D eigenvalue weighted by molar-refractivity contribution is 0.0791. The highest BCUT2D eigenvalue weighted by molar-refractivity contribution is 6.31. The molecular weight excluding hydrogens is 543 g/mol. The lowest BCUT2D eigenvalue weighted by atomic mass is 9.94. The van der Waals surface area contributed by atoms with Gasteiger partial charge in [-0.3, -0.25) is 9.79 Å². The largest absolute Gasteiger partial charge is 0.496 e. The topological polar surface area (TPSA) is 106 Å². The first-order valence-corrected chi connectivity index (χ1v) is 13.2. The molecule has 6 rings (SSSR count). The number of benzene rings is 3. The van der Waals surface area contributed by atoms with Crippen LogP contribution >= 0.6 is 11.6 Å². The number of hydrogen-bond donors (Lipinski definition) is 2. The summed E-state index contributed by atoms with van der Waals surface area (Å²) in [7, 11) is 1.50. The van der Waals surface area contributed by atoms with Crippen LogP contribution in [-0.2, 0) is 6.54 Å². The molecule has 3 aromatic carbocycles. The second kappa shape index (κ2) is 11.6. The van der Waals surface area contributed by atoms with E-state index in [1.807, 2.05) is 18.2 Å². The van der Waals surface area contributed by atoms with Crippen molar-refractivity contribution in [3.05, 3.63) is 100.0 Å². The van der Waals surface area contributed by atoms with Crippen LogP contribution in [0.4, 0.5) is 16.0 Å². The zero-order chi connectivity index (χ0) is 27.8. The van der Waals surface area contributed by atoms with Crippen molar-refractivity contribution in [1.82, 2.24) is 14.9 Å². The quantitative estimate of drug-likeness (QED) is 0.311. The number of nitrogens with one attached hydrogen (secondary N) is 1. The molecule has 0 saturated carbocycles. The van der Waals surface area contributed by atoms with Crippen molar-refractivity contribution in [1.29, 1.82) is 0 Å². The first kappa shape index (κ1) is 28.2. The van der Waals surface area contributed by atoms with Crippen molar-refractivity contribution < 1.29 is 13.9 Å². The molecular formula is C31H30ClFN6O2. The lowest BCUT2D eigenvalue weighted by Gasteiger charge is -2.16. The number of hydrogen-bond acceptors (Lipinski definition) is 7. The van der Waals surface area contributed by atoms with Gasteiger partial charge in [0, 0.05) is 58.3 Å². The number of rotatable bonds is 5. The summed E-state index contributed by atoms with van der Waals surface area (Å²) in [4.78, 5) is 28.6. The van der Waals surface area contributed by atoms with Gasteiger partial charge in [0.2, 0.25) is 5.95 Å². The van der Waals surface area contributed by atoms with Crippen LogP contribution in [-0.4, -0.2) is 52.7 Å². The fourth-order valence-corrected chi connectivity index (χ4v) is 5.25. The molecule has 0 spiro atoms. The third kappa shape index (κ3) is 5.51. The van der Waals surface area contributed by atoms with Crippen molar-refractivity contribution in [2.24, 2.45) is 10.7 Å². The van der Waals surface area contributed by atoms with Crippen LogP contribution in [0.5, 0.6) is 5.75 Å². The van der Waals surface area contributed by atoms with Crippen LogP contribution in [0.1, 0.15) is 40.9 Å². The van der Waals surface area contributed by atoms with E-state index in [0.717, 1.165) is 23.2 Å². The number of carbonyl (C=O) groups is 1. The van der Waals surface area contributed by atoms with Gasteiger partial charge in [0.25, 0.3) is 5.91 Å². The van der Waals surface area contributed by atoms with Crippen molar-refractivity contribution >= 4 is 34.9 Å². The number of aromatic nitrogens is 2. The first-order chi connectivity index (χ1) is 19.4. The summed E-state index contributed by atoms with van der Waals surface area (Å²) < 4.78 is 20.6. The number of anilines is 2. The molecule has 8 nitrogen and oxygen atoms in total. The lowest BCUT2D eigenvalue weighted by Crippen LogP contribution is -2.31. The van der Waals surface area contributed by atoms with Gasteiger partial charge in [-0.2, -0.15) is 0 Å². The number of methoxy groups -OCH3 is 1. The number of ether oxygens (including phenoxy) is 1. The summed E-state index contributed by atoms with van der Waals surface area (Å²) in [6, 6.07) is 17.3. The number of nitrogens with two attached hydrogens (primary N) is 1. The van der Waals surface area contributed by atoms with E-state index in [0.29, 0.717) is 52.3 Å². The monoisotopic (exact) mass is 572 g/mol. The predicted octanol–water partition coefficient (Wildman–Crippen LogP) is 5.85. The maximum Gasteiger partial charge on any atom is 0.253 e. The van der Waals surface area contributed by atoms with Crippen molar-refractivity contribution in [3.63, 3.8) is 0 Å². The first-order valence-electron chi connectivity index (χ1n) is 12.9. The third-order valence-electron chi connectivity index (χ3n) is 7.10. The van der Waals surface area contributed by atoms with E-state index in [2.05, 4.69) is 10.3 Å². The second-order valence-electron chi connectivity index (χ2n) is 9.74. The van der Waals surface area contributed by atoms with Gasteiger partial charge in [-0.15, -0.1) is 0 Å². The molecule has 1 saturated heterocycles. The van der Waals surface area contributed by atoms with Crippen LogP contribution < -0.4 is 15.8 Å². The van der Waals surface area contributed by atoms with Crippen molar-refractivity contribution in [2.45, 2.75) is 26.4 Å². The summed E-state index contributed by atoms with van der Waals surface area (Å²) in [6.07, 6.45) is 2.53. The molecule has 4 aromatic rings. The highest BCUT2D eigenvalue weighted by atomic mass is 35.5. The summed E-state index contributed by atoms with van der Waals surface area (Å²) >= 11 is 6.39. The second-order valence-corrected chi connectivity index (χ2v) is 10.2. The molecule has 41 heavy (non-hydrogen) atoms. The van der Waals surface area contributed by atoms with Crippen molar-refractivity contribution in [2.75, 3.05) is 25.5 Å². The van der Waals surface area contributed by atoms with Crippen LogP contribution in [0.3, 0.4) is 0 Å². The van der Waals surface area contributed by atoms with Gasteiger partial charge in [-0.1, -0.05) is 31.2 Å². The normalized spacial score (nSPS) is 15.7. The number of nitrogens with zero attached hydrogens (tertiary/aromatic N) is 4. The van der Waals surface area contributed by atoms with E-state index < -0.39 is 5.82 Å². The number of likely N-dealkylation sites (tertiary alicyclic amines) is 1. The van der Waals surface area contributed by atoms with Gasteiger partial charge in [-0.05, 0) is 55.0 Å². The number of fused-ring (bicyclic) bond motifs is 3. The molecule has 1 atom stereocenters. The Morgan fingerprint density at radius 2 is 1.95 bits per heavy atom. The van der Waals surface area contributed by atoms with Gasteiger partial charge in [0.1, 0.15) is 11.6 Å². The minimum Gasteiger partial charge on any atom is -0.496 e. The summed E-state index contributed by atoms with van der Waals surface area (Å²) in [5.74, 6) is 0.269. The highest BCUT2D eigenvalue weighted by Gasteiger charge is 2.26. The standard InChI is InChI=1S/C30H26ClFN6O2.CH4/c1-40-25-4-2-3-24(32)26(25)28-23-13-19(31)7-10-22(23)27-18(14-34-28)15-35-30(37-27)36-21-8-5-17(6-9-21)29(39)38-12-11-20(33)16-38;/h2-10,13,15,20H,11-12,14,16,33H2,1H3,(H,35,36,37);1H4. The minimum atomic E-state index is -0.446. The van der Waals surface area contributed by atoms with Gasteiger partial charge in [0.15, 0.2) is 0 Å². The summed E-state index contributed by atoms with van der Waals surface area (Å²) in [5, 5.41) is 3.71. The molecule has 2 aliphatic heterocycles. The predicted molar refractivity (Wildman–Crippen MR) is 160 cm³/mol. The SMILES string of the molecule is C.COc1cccc(F)c1C1=NCc2cnc(Nc3ccc(C(=O)N4CCC(N)C4)cc3)nc2-c2ccc(Cl)cc21. The molecule has 0 bridgehead atoms. The third-order valence-corrected chi connectivity index (χ3v) is 7.33. The Morgan fingerprint density at radius 1 is 1.15 bits per heavy atom. The zero-order valence-electron chi connectivity index (χ0n) is 21.7. The molecule has 1 aromatic heterocycles. The Morgan fingerprint density at radius 3 is 2.68 bits per heavy atom. The van der Waals surface area contributed by atoms with Crippen LogP contribution in [0.2, 0.25) is 5.02 Å². The Hall–Kier alpha value is -4.34. The van der Waals surface area contributed by atoms with E-state index >= 15 is 4.39 Å². The van der Waals surface area contributed by atoms with Crippen LogP contribution in [0, 0.1) is 5.82 Å².